The number of β-amino-alcohol motifs (C(OH)–C–C–N with tert-alkyl or cyclic N) is 1. The van der Waals surface area contributed by atoms with E-state index in [-0.39, 0.29) is 18.2 Å². The molecule has 4 heterocycles. The molecule has 0 saturated carbocycles. The van der Waals surface area contributed by atoms with E-state index in [4.69, 9.17) is 9.72 Å². The summed E-state index contributed by atoms with van der Waals surface area (Å²) in [4.78, 5) is 38.2. The molecule has 2 saturated heterocycles. The summed E-state index contributed by atoms with van der Waals surface area (Å²) in [7, 11) is -1.80. The van der Waals surface area contributed by atoms with Gasteiger partial charge in [-0.2, -0.15) is 4.98 Å². The zero-order chi connectivity index (χ0) is 31.4. The number of aromatic nitrogens is 4. The highest BCUT2D eigenvalue weighted by Gasteiger charge is 2.27. The van der Waals surface area contributed by atoms with Crippen LogP contribution in [0.5, 0.6) is 0 Å². The molecule has 3 aromatic rings. The van der Waals surface area contributed by atoms with Crippen LogP contribution in [0.2, 0.25) is 0 Å². The Kier molecular flexibility index (Phi) is 10.3. The van der Waals surface area contributed by atoms with Crippen LogP contribution >= 0.6 is 0 Å². The van der Waals surface area contributed by atoms with Crippen molar-refractivity contribution in [2.75, 3.05) is 76.2 Å². The van der Waals surface area contributed by atoms with E-state index < -0.39 is 27.2 Å². The average Bonchev–Trinajstić information content (AvgIpc) is 3.38. The van der Waals surface area contributed by atoms with Crippen LogP contribution in [0.25, 0.3) is 11.2 Å². The highest BCUT2D eigenvalue weighted by atomic mass is 32.2. The smallest absolute Gasteiger partial charge is 0.332 e. The Bertz CT molecular complexity index is 1640. The lowest BCUT2D eigenvalue weighted by Crippen LogP contribution is -2.49. The summed E-state index contributed by atoms with van der Waals surface area (Å²) in [5, 5.41) is 11.3. The zero-order valence-corrected chi connectivity index (χ0v) is 26.8. The average molecular weight is 632 g/mol. The van der Waals surface area contributed by atoms with Crippen molar-refractivity contribution in [1.82, 2.24) is 28.5 Å². The van der Waals surface area contributed by atoms with E-state index in [0.717, 1.165) is 30.7 Å². The third-order valence-corrected chi connectivity index (χ3v) is 10.2. The van der Waals surface area contributed by atoms with Crippen LogP contribution in [0, 0.1) is 5.92 Å². The van der Waals surface area contributed by atoms with Crippen molar-refractivity contribution in [1.29, 1.82) is 0 Å². The fourth-order valence-electron chi connectivity index (χ4n) is 6.04. The van der Waals surface area contributed by atoms with Crippen molar-refractivity contribution in [3.63, 3.8) is 0 Å². The molecule has 0 radical (unpaired) electrons. The Morgan fingerprint density at radius 3 is 2.23 bits per heavy atom. The lowest BCUT2D eigenvalue weighted by Gasteiger charge is -2.36. The Morgan fingerprint density at radius 2 is 1.57 bits per heavy atom. The third kappa shape index (κ3) is 7.26. The highest BCUT2D eigenvalue weighted by Crippen LogP contribution is 2.22. The first-order valence-electron chi connectivity index (χ1n) is 15.5. The second-order valence-electron chi connectivity index (χ2n) is 12.2. The van der Waals surface area contributed by atoms with Gasteiger partial charge in [-0.15, -0.1) is 0 Å². The molecule has 1 unspecified atom stereocenters. The predicted octanol–water partition coefficient (Wildman–Crippen LogP) is 0.232. The minimum Gasteiger partial charge on any atom is -0.390 e. The quantitative estimate of drug-likeness (QED) is 0.296. The summed E-state index contributed by atoms with van der Waals surface area (Å²) in [6.45, 7) is 11.1. The molecular formula is C30H45N7O6S. The summed E-state index contributed by atoms with van der Waals surface area (Å²) in [5.41, 5.74) is -0.149. The molecule has 2 fully saturated rings. The predicted molar refractivity (Wildman–Crippen MR) is 169 cm³/mol. The third-order valence-electron chi connectivity index (χ3n) is 8.37. The van der Waals surface area contributed by atoms with Gasteiger partial charge >= 0.3 is 5.69 Å². The highest BCUT2D eigenvalue weighted by molar-refractivity contribution is 7.91. The van der Waals surface area contributed by atoms with Crippen LogP contribution in [-0.2, 0) is 34.7 Å². The van der Waals surface area contributed by atoms with Crippen LogP contribution in [0.3, 0.4) is 0 Å². The summed E-state index contributed by atoms with van der Waals surface area (Å²) >= 11 is 0. The first-order chi connectivity index (χ1) is 21.0. The number of imidazole rings is 1. The van der Waals surface area contributed by atoms with Crippen molar-refractivity contribution < 1.29 is 18.3 Å². The molecule has 0 bridgehead atoms. The van der Waals surface area contributed by atoms with Gasteiger partial charge in [0.05, 0.1) is 36.5 Å². The first-order valence-corrected chi connectivity index (χ1v) is 17.1. The molecule has 242 valence electrons. The van der Waals surface area contributed by atoms with Gasteiger partial charge in [-0.05, 0) is 31.0 Å². The molecule has 0 spiro atoms. The largest absolute Gasteiger partial charge is 0.390 e. The monoisotopic (exact) mass is 631 g/mol. The van der Waals surface area contributed by atoms with Gasteiger partial charge in [0.1, 0.15) is 0 Å². The number of rotatable bonds is 12. The number of nitrogens with zero attached hydrogens (tertiary/aromatic N) is 7. The summed E-state index contributed by atoms with van der Waals surface area (Å²) in [5.74, 6) is 0.853. The number of ether oxygens (including phenoxy) is 1. The molecular weight excluding hydrogens is 586 g/mol. The Hall–Kier alpha value is -3.04. The number of benzene rings is 1. The zero-order valence-electron chi connectivity index (χ0n) is 26.0. The van der Waals surface area contributed by atoms with Crippen molar-refractivity contribution in [3.05, 3.63) is 51.2 Å². The topological polar surface area (TPSA) is 135 Å². The summed E-state index contributed by atoms with van der Waals surface area (Å²) < 4.78 is 35.2. The number of hydrogen-bond acceptors (Lipinski definition) is 10. The molecule has 44 heavy (non-hydrogen) atoms. The molecule has 2 aliphatic rings. The van der Waals surface area contributed by atoms with Gasteiger partial charge < -0.3 is 24.2 Å². The second-order valence-corrected chi connectivity index (χ2v) is 14.3. The van der Waals surface area contributed by atoms with Crippen LogP contribution < -0.4 is 16.1 Å². The maximum absolute atomic E-state index is 13.5. The van der Waals surface area contributed by atoms with Gasteiger partial charge in [0, 0.05) is 59.4 Å². The van der Waals surface area contributed by atoms with E-state index in [1.54, 1.807) is 33.4 Å². The van der Waals surface area contributed by atoms with Crippen LogP contribution in [0.4, 0.5) is 5.95 Å². The summed E-state index contributed by atoms with van der Waals surface area (Å²) in [6.07, 6.45) is -0.209. The van der Waals surface area contributed by atoms with Gasteiger partial charge in [0.2, 0.25) is 5.95 Å². The molecule has 2 aromatic heterocycles. The molecule has 1 aromatic carbocycles. The van der Waals surface area contributed by atoms with Gasteiger partial charge in [-0.3, -0.25) is 18.8 Å². The standard InChI is InChI=1S/C30H45N7O6S/c1-23(2)20-37-27-26(28(39)32(3)30(37)40)36(29(31-27)35-15-17-43-18-16-35)22-24(38)21-34-13-11-33(12-14-34)10-7-19-44(41,42)25-8-5-4-6-9-25/h4-6,8-9,23-24,38H,7,10-22H2,1-3H3. The maximum atomic E-state index is 13.5. The molecule has 1 atom stereocenters. The minimum atomic E-state index is -3.29. The van der Waals surface area contributed by atoms with E-state index in [9.17, 15) is 23.1 Å². The number of aliphatic hydroxyl groups excluding tert-OH is 1. The molecule has 2 aliphatic heterocycles. The molecule has 14 heteroatoms. The SMILES string of the molecule is CC(C)Cn1c(=O)n(C)c(=O)c2c1nc(N1CCOCC1)n2CC(O)CN1CCN(CCCS(=O)(=O)c2ccccc2)CC1. The Labute approximate surface area is 258 Å². The normalized spacial score (nSPS) is 18.0. The van der Waals surface area contributed by atoms with Gasteiger partial charge in [-0.25, -0.2) is 13.2 Å². The van der Waals surface area contributed by atoms with Crippen LogP contribution in [-0.4, -0.2) is 119 Å². The Morgan fingerprint density at radius 1 is 0.909 bits per heavy atom. The minimum absolute atomic E-state index is 0.116. The number of anilines is 1. The number of piperazine rings is 1. The van der Waals surface area contributed by atoms with E-state index >= 15 is 0 Å². The fourth-order valence-corrected chi connectivity index (χ4v) is 7.36. The van der Waals surface area contributed by atoms with E-state index in [2.05, 4.69) is 14.7 Å². The van der Waals surface area contributed by atoms with Crippen molar-refractivity contribution >= 4 is 26.9 Å². The van der Waals surface area contributed by atoms with Crippen molar-refractivity contribution in [2.45, 2.75) is 44.4 Å². The lowest BCUT2D eigenvalue weighted by atomic mass is 10.2. The number of fused-ring (bicyclic) bond motifs is 1. The first kappa shape index (κ1) is 32.4. The number of hydrogen-bond donors (Lipinski definition) is 1. The van der Waals surface area contributed by atoms with Gasteiger partial charge in [-0.1, -0.05) is 32.0 Å². The molecule has 5 rings (SSSR count). The number of morpholine rings is 1. The lowest BCUT2D eigenvalue weighted by molar-refractivity contribution is 0.0649. The maximum Gasteiger partial charge on any atom is 0.332 e. The van der Waals surface area contributed by atoms with Gasteiger partial charge in [0.15, 0.2) is 21.0 Å². The van der Waals surface area contributed by atoms with Crippen LogP contribution in [0.1, 0.15) is 20.3 Å². The molecule has 13 nitrogen and oxygen atoms in total. The van der Waals surface area contributed by atoms with Crippen molar-refractivity contribution in [3.8, 4) is 0 Å². The second kappa shape index (κ2) is 13.9. The fraction of sp³-hybridized carbons (Fsp3) is 0.633. The molecule has 0 amide bonds. The van der Waals surface area contributed by atoms with Gasteiger partial charge in [0.25, 0.3) is 5.56 Å². The van der Waals surface area contributed by atoms with E-state index in [1.807, 2.05) is 19.9 Å². The number of aliphatic hydroxyl groups is 1. The van der Waals surface area contributed by atoms with E-state index in [1.165, 1.54) is 7.05 Å². The Balaban J connectivity index is 1.25. The molecule has 0 aliphatic carbocycles. The number of sulfone groups is 1. The van der Waals surface area contributed by atoms with Crippen molar-refractivity contribution in [2.24, 2.45) is 13.0 Å². The molecule has 1 N–H and O–H groups in total. The summed E-state index contributed by atoms with van der Waals surface area (Å²) in [6, 6.07) is 8.56. The van der Waals surface area contributed by atoms with Crippen LogP contribution in [0.15, 0.2) is 44.8 Å². The van der Waals surface area contributed by atoms with E-state index in [0.29, 0.717) is 74.4 Å².